The van der Waals surface area contributed by atoms with Gasteiger partial charge < -0.3 is 5.32 Å². The van der Waals surface area contributed by atoms with Gasteiger partial charge in [0.1, 0.15) is 5.66 Å². The van der Waals surface area contributed by atoms with Crippen LogP contribution in [0.25, 0.3) is 0 Å². The third kappa shape index (κ3) is 7.81. The molecule has 3 aromatic rings. The maximum atomic E-state index is 4.19. The number of nitrogens with one attached hydrogen (secondary N) is 2. The molecule has 220 valence electrons. The van der Waals surface area contributed by atoms with Gasteiger partial charge in [-0.15, -0.1) is 0 Å². The van der Waals surface area contributed by atoms with Gasteiger partial charge in [0, 0.05) is 40.5 Å². The number of benzene rings is 3. The summed E-state index contributed by atoms with van der Waals surface area (Å²) in [7, 11) is 6.66. The van der Waals surface area contributed by atoms with E-state index < -0.39 is 7.12 Å². The zero-order chi connectivity index (χ0) is 29.0. The van der Waals surface area contributed by atoms with Crippen molar-refractivity contribution in [3.63, 3.8) is 0 Å². The molecule has 0 saturated carbocycles. The fraction of sp³-hybridized carbons (Fsp3) is 0.353. The van der Waals surface area contributed by atoms with E-state index in [-0.39, 0.29) is 10.9 Å². The molecule has 4 rings (SSSR count). The third-order valence-corrected chi connectivity index (χ3v) is 19.5. The lowest BCUT2D eigenvalue weighted by atomic mass is 9.92. The minimum absolute atomic E-state index is 0.188. The predicted octanol–water partition coefficient (Wildman–Crippen LogP) is 9.77. The standard InChI is InChI=1S/C34H45N3S4/c1-5-26-36-34(37(27-6-2)28-7-3)32(35-4)24-17-25-33(34)41(38-29-18-11-8-12-19-29,39-30-20-13-9-14-21-30)40-31-22-15-10-16-23-31/h8-25,33,35-36H,5-7,26-28H2,1-4H3. The first-order chi connectivity index (χ1) is 20.1. The normalized spacial score (nSPS) is 19.2. The molecule has 0 heterocycles. The van der Waals surface area contributed by atoms with Crippen LogP contribution < -0.4 is 10.6 Å². The summed E-state index contributed by atoms with van der Waals surface area (Å²) >= 11 is 0. The molecule has 0 fully saturated rings. The Labute approximate surface area is 260 Å². The largest absolute Gasteiger partial charge is 0.389 e. The molecule has 3 nitrogen and oxygen atoms in total. The highest BCUT2D eigenvalue weighted by Gasteiger charge is 2.55. The maximum absolute atomic E-state index is 4.19. The zero-order valence-electron chi connectivity index (χ0n) is 24.8. The van der Waals surface area contributed by atoms with Crippen LogP contribution in [0.3, 0.4) is 0 Å². The lowest BCUT2D eigenvalue weighted by Gasteiger charge is -2.57. The van der Waals surface area contributed by atoms with Crippen LogP contribution in [-0.2, 0) is 0 Å². The number of rotatable bonds is 16. The van der Waals surface area contributed by atoms with E-state index in [1.165, 1.54) is 20.4 Å². The van der Waals surface area contributed by atoms with Crippen molar-refractivity contribution in [3.05, 3.63) is 115 Å². The highest BCUT2D eigenvalue weighted by Crippen LogP contribution is 2.87. The summed E-state index contributed by atoms with van der Waals surface area (Å²) in [6.07, 6.45) is 10.4. The first-order valence-electron chi connectivity index (χ1n) is 14.7. The fourth-order valence-corrected chi connectivity index (χ4v) is 20.0. The molecule has 0 bridgehead atoms. The number of hydrogen-bond donors (Lipinski definition) is 2. The molecule has 2 atom stereocenters. The smallest absolute Gasteiger partial charge is 0.129 e. The molecule has 2 N–H and O–H groups in total. The van der Waals surface area contributed by atoms with E-state index in [9.17, 15) is 0 Å². The highest BCUT2D eigenvalue weighted by atomic mass is 33.8. The summed E-state index contributed by atoms with van der Waals surface area (Å²) in [5.74, 6) is 0. The van der Waals surface area contributed by atoms with Crippen molar-refractivity contribution in [1.29, 1.82) is 0 Å². The lowest BCUT2D eigenvalue weighted by molar-refractivity contribution is 0.0857. The third-order valence-electron chi connectivity index (χ3n) is 6.95. The van der Waals surface area contributed by atoms with Gasteiger partial charge >= 0.3 is 0 Å². The van der Waals surface area contributed by atoms with E-state index in [0.717, 1.165) is 38.9 Å². The Morgan fingerprint density at radius 1 is 0.707 bits per heavy atom. The van der Waals surface area contributed by atoms with Gasteiger partial charge in [-0.2, -0.15) is 0 Å². The van der Waals surface area contributed by atoms with Crippen LogP contribution in [0, 0.1) is 0 Å². The molecule has 41 heavy (non-hydrogen) atoms. The fourth-order valence-electron chi connectivity index (χ4n) is 5.27. The molecular formula is C34H45N3S4. The van der Waals surface area contributed by atoms with Gasteiger partial charge in [0.15, 0.2) is 0 Å². The van der Waals surface area contributed by atoms with E-state index in [2.05, 4.69) is 185 Å². The Morgan fingerprint density at radius 2 is 1.17 bits per heavy atom. The number of likely N-dealkylation sites (N-methyl/N-ethyl adjacent to an activating group) is 1. The average molecular weight is 624 g/mol. The van der Waals surface area contributed by atoms with E-state index in [1.54, 1.807) is 0 Å². The van der Waals surface area contributed by atoms with Crippen LogP contribution in [-0.4, -0.2) is 42.5 Å². The van der Waals surface area contributed by atoms with Gasteiger partial charge in [-0.1, -0.05) is 127 Å². The van der Waals surface area contributed by atoms with Gasteiger partial charge in [0.05, 0.1) is 5.25 Å². The SMILES string of the molecule is CCCNC1(N(CCC)CCC)C(NC)=CC=CC1S(Sc1ccccc1)(Sc1ccccc1)Sc1ccccc1. The minimum atomic E-state index is -1.64. The molecule has 0 saturated heterocycles. The molecule has 3 aromatic carbocycles. The second-order valence-corrected chi connectivity index (χ2v) is 21.5. The van der Waals surface area contributed by atoms with Gasteiger partial charge in [0.25, 0.3) is 0 Å². The lowest BCUT2D eigenvalue weighted by Crippen LogP contribution is -2.69. The van der Waals surface area contributed by atoms with Crippen molar-refractivity contribution in [2.45, 2.75) is 65.6 Å². The van der Waals surface area contributed by atoms with Gasteiger partial charge in [-0.25, -0.2) is 0 Å². The van der Waals surface area contributed by atoms with Crippen LogP contribution in [0.15, 0.2) is 130 Å². The van der Waals surface area contributed by atoms with Crippen LogP contribution in [0.2, 0.25) is 0 Å². The Morgan fingerprint density at radius 3 is 1.56 bits per heavy atom. The molecule has 0 aromatic heterocycles. The summed E-state index contributed by atoms with van der Waals surface area (Å²) in [6.45, 7) is 9.91. The minimum Gasteiger partial charge on any atom is -0.389 e. The number of hydrogen-bond acceptors (Lipinski definition) is 6. The Kier molecular flexibility index (Phi) is 12.7. The van der Waals surface area contributed by atoms with E-state index in [4.69, 9.17) is 0 Å². The predicted molar refractivity (Wildman–Crippen MR) is 188 cm³/mol. The van der Waals surface area contributed by atoms with Gasteiger partial charge in [-0.05, 0) is 68.3 Å². The topological polar surface area (TPSA) is 27.3 Å². The van der Waals surface area contributed by atoms with Crippen molar-refractivity contribution >= 4 is 39.5 Å². The second kappa shape index (κ2) is 16.2. The summed E-state index contributed by atoms with van der Waals surface area (Å²) in [5, 5.41) is 8.07. The molecule has 1 aliphatic carbocycles. The second-order valence-electron chi connectivity index (χ2n) is 10.00. The quantitative estimate of drug-likeness (QED) is 0.122. The summed E-state index contributed by atoms with van der Waals surface area (Å²) in [6, 6.07) is 33.1. The molecule has 1 aliphatic rings. The number of nitrogens with zero attached hydrogens (tertiary/aromatic N) is 1. The van der Waals surface area contributed by atoms with E-state index in [1.807, 2.05) is 0 Å². The van der Waals surface area contributed by atoms with Gasteiger partial charge in [-0.3, -0.25) is 10.2 Å². The average Bonchev–Trinajstić information content (AvgIpc) is 3.01. The first-order valence-corrected chi connectivity index (χ1v) is 20.4. The van der Waals surface area contributed by atoms with Crippen molar-refractivity contribution in [3.8, 4) is 0 Å². The molecule has 2 unspecified atom stereocenters. The molecular weight excluding hydrogens is 579 g/mol. The first kappa shape index (κ1) is 32.2. The van der Waals surface area contributed by atoms with E-state index >= 15 is 0 Å². The summed E-state index contributed by atoms with van der Waals surface area (Å²) in [4.78, 5) is 6.67. The number of allylic oxidation sites excluding steroid dienone is 2. The van der Waals surface area contributed by atoms with Crippen LogP contribution in [0.4, 0.5) is 0 Å². The highest BCUT2D eigenvalue weighted by molar-refractivity contribution is 9.48. The Balaban J connectivity index is 2.00. The van der Waals surface area contributed by atoms with Crippen molar-refractivity contribution in [2.75, 3.05) is 26.7 Å². The molecule has 0 radical (unpaired) electrons. The van der Waals surface area contributed by atoms with Crippen LogP contribution in [0.1, 0.15) is 40.0 Å². The van der Waals surface area contributed by atoms with Crippen LogP contribution >= 0.6 is 39.5 Å². The Bertz CT molecular complexity index is 1130. The van der Waals surface area contributed by atoms with Crippen molar-refractivity contribution < 1.29 is 0 Å². The molecule has 7 heteroatoms. The summed E-state index contributed by atoms with van der Waals surface area (Å²) in [5.41, 5.74) is 0.889. The van der Waals surface area contributed by atoms with Crippen molar-refractivity contribution in [1.82, 2.24) is 15.5 Å². The molecule has 0 aliphatic heterocycles. The van der Waals surface area contributed by atoms with Gasteiger partial charge in [0.2, 0.25) is 0 Å². The summed E-state index contributed by atoms with van der Waals surface area (Å²) < 4.78 is 0. The molecule has 0 spiro atoms. The Hall–Kier alpha value is -1.74. The van der Waals surface area contributed by atoms with E-state index in [0.29, 0.717) is 0 Å². The van der Waals surface area contributed by atoms with Crippen LogP contribution in [0.5, 0.6) is 0 Å². The monoisotopic (exact) mass is 623 g/mol. The molecule has 0 amide bonds. The maximum Gasteiger partial charge on any atom is 0.129 e. The van der Waals surface area contributed by atoms with Crippen molar-refractivity contribution in [2.24, 2.45) is 0 Å². The zero-order valence-corrected chi connectivity index (χ0v) is 28.1.